The van der Waals surface area contributed by atoms with Crippen LogP contribution in [0, 0.1) is 0 Å². The normalized spacial score (nSPS) is 10.7. The van der Waals surface area contributed by atoms with Gasteiger partial charge in [0.05, 0.1) is 9.92 Å². The molecule has 30 heavy (non-hydrogen) atoms. The van der Waals surface area contributed by atoms with Crippen LogP contribution in [0.1, 0.15) is 5.56 Å². The topological polar surface area (TPSA) is 76.3 Å². The minimum absolute atomic E-state index is 0. The van der Waals surface area contributed by atoms with Crippen LogP contribution >= 0.6 is 11.6 Å². The lowest BCUT2D eigenvalue weighted by Gasteiger charge is -2.08. The molecule has 1 amide bonds. The van der Waals surface area contributed by atoms with Crippen molar-refractivity contribution >= 4 is 33.4 Å². The fraction of sp³-hybridized carbons (Fsp3) is 0.100. The second kappa shape index (κ2) is 10.5. The number of halogens is 3. The zero-order valence-corrected chi connectivity index (χ0v) is 18.6. The van der Waals surface area contributed by atoms with Crippen molar-refractivity contribution in [2.75, 3.05) is 11.9 Å². The fourth-order valence-corrected chi connectivity index (χ4v) is 3.22. The molecule has 3 aromatic rings. The highest BCUT2D eigenvalue weighted by molar-refractivity contribution is 7.86. The maximum absolute atomic E-state index is 13.0. The summed E-state index contributed by atoms with van der Waals surface area (Å²) in [6.45, 7) is 0.213. The molecule has 0 aliphatic carbocycles. The molecule has 0 unspecified atom stereocenters. The molecular weight excluding hydrogens is 499 g/mol. The van der Waals surface area contributed by atoms with Crippen molar-refractivity contribution in [3.63, 3.8) is 0 Å². The molecule has 3 rings (SSSR count). The van der Waals surface area contributed by atoms with Gasteiger partial charge in [-0.05, 0) is 30.3 Å². The zero-order valence-electron chi connectivity index (χ0n) is 15.5. The molecule has 1 heterocycles. The van der Waals surface area contributed by atoms with E-state index in [2.05, 4.69) is 5.32 Å². The molecule has 1 N–H and O–H groups in total. The Morgan fingerprint density at radius 3 is 2.43 bits per heavy atom. The maximum atomic E-state index is 13.0. The summed E-state index contributed by atoms with van der Waals surface area (Å²) in [4.78, 5) is 11.7. The summed E-state index contributed by atoms with van der Waals surface area (Å²) in [6, 6.07) is 15.8. The van der Waals surface area contributed by atoms with Gasteiger partial charge in [-0.15, -0.1) is 3.89 Å². The second-order valence-corrected chi connectivity index (χ2v) is 7.87. The number of aromatic nitrogens is 1. The summed E-state index contributed by atoms with van der Waals surface area (Å²) >= 11 is 5.99. The van der Waals surface area contributed by atoms with Gasteiger partial charge in [0.1, 0.15) is 11.4 Å². The van der Waals surface area contributed by atoms with Gasteiger partial charge in [-0.2, -0.15) is 13.0 Å². The Kier molecular flexibility index (Phi) is 8.33. The largest absolute Gasteiger partial charge is 1.00 e. The summed E-state index contributed by atoms with van der Waals surface area (Å²) < 4.78 is 41.9. The van der Waals surface area contributed by atoms with Gasteiger partial charge in [0.15, 0.2) is 25.5 Å². The molecule has 0 saturated heterocycles. The van der Waals surface area contributed by atoms with Crippen molar-refractivity contribution in [3.05, 3.63) is 83.6 Å². The molecule has 0 fully saturated rings. The lowest BCUT2D eigenvalue weighted by atomic mass is 10.2. The van der Waals surface area contributed by atoms with Gasteiger partial charge >= 0.3 is 10.2 Å². The summed E-state index contributed by atoms with van der Waals surface area (Å²) in [6.07, 6.45) is 3.50. The van der Waals surface area contributed by atoms with Crippen LogP contribution in [0.2, 0.25) is 5.02 Å². The third-order valence-electron chi connectivity index (χ3n) is 3.91. The van der Waals surface area contributed by atoms with Gasteiger partial charge in [0, 0.05) is 11.6 Å². The lowest BCUT2D eigenvalue weighted by molar-refractivity contribution is -0.687. The first-order valence-electron chi connectivity index (χ1n) is 8.51. The third-order valence-corrected chi connectivity index (χ3v) is 5.05. The number of nitrogens with one attached hydrogen (secondary N) is 1. The van der Waals surface area contributed by atoms with E-state index < -0.39 is 10.2 Å². The van der Waals surface area contributed by atoms with Crippen LogP contribution in [0.25, 0.3) is 0 Å². The first kappa shape index (κ1) is 23.8. The van der Waals surface area contributed by atoms with E-state index >= 15 is 0 Å². The van der Waals surface area contributed by atoms with Crippen LogP contribution in [0.4, 0.5) is 9.57 Å². The van der Waals surface area contributed by atoms with Gasteiger partial charge in [0.25, 0.3) is 5.91 Å². The standard InChI is InChI=1S/C20H16ClFN2O4S.BrH/c21-18-5-1-2-6-19(18)28-14-20(25)23-16-4-3-11-24(13-16)12-15-7-9-17(10-8-15)29(22,26)27;/h1-11,13H,12,14H2;1H. The molecule has 6 nitrogen and oxygen atoms in total. The van der Waals surface area contributed by atoms with Gasteiger partial charge in [0.2, 0.25) is 0 Å². The number of hydrogen-bond acceptors (Lipinski definition) is 4. The Morgan fingerprint density at radius 2 is 1.77 bits per heavy atom. The molecule has 0 bridgehead atoms. The Balaban J connectivity index is 0.00000320. The number of para-hydroxylation sites is 1. The Hall–Kier alpha value is -2.49. The molecule has 158 valence electrons. The highest BCUT2D eigenvalue weighted by Gasteiger charge is 2.13. The highest BCUT2D eigenvalue weighted by atomic mass is 79.9. The quantitative estimate of drug-likeness (QED) is 0.364. The number of carbonyl (C=O) groups is 1. The molecule has 1 aromatic heterocycles. The SMILES string of the molecule is O=C(COc1ccccc1Cl)Nc1ccc[n+](Cc2ccc(S(=O)(=O)F)cc2)c1.[Br-]. The Morgan fingerprint density at radius 1 is 1.07 bits per heavy atom. The van der Waals surface area contributed by atoms with E-state index in [0.717, 1.165) is 5.56 Å². The van der Waals surface area contributed by atoms with E-state index in [4.69, 9.17) is 16.3 Å². The van der Waals surface area contributed by atoms with Gasteiger partial charge in [-0.25, -0.2) is 0 Å². The average Bonchev–Trinajstić information content (AvgIpc) is 2.67. The molecule has 0 aliphatic rings. The molecule has 0 atom stereocenters. The van der Waals surface area contributed by atoms with Crippen molar-refractivity contribution in [2.45, 2.75) is 11.4 Å². The van der Waals surface area contributed by atoms with Crippen LogP contribution in [-0.2, 0) is 21.6 Å². The zero-order chi connectivity index (χ0) is 20.9. The van der Waals surface area contributed by atoms with E-state index in [-0.39, 0.29) is 34.4 Å². The number of nitrogens with zero attached hydrogens (tertiary/aromatic N) is 1. The third kappa shape index (κ3) is 6.79. The van der Waals surface area contributed by atoms with Crippen molar-refractivity contribution in [2.24, 2.45) is 0 Å². The Bertz CT molecular complexity index is 1130. The number of carbonyl (C=O) groups excluding carboxylic acids is 1. The monoisotopic (exact) mass is 514 g/mol. The van der Waals surface area contributed by atoms with E-state index in [1.807, 2.05) is 0 Å². The van der Waals surface area contributed by atoms with Gasteiger partial charge in [-0.3, -0.25) is 4.79 Å². The fourth-order valence-electron chi connectivity index (χ4n) is 2.56. The molecule has 0 radical (unpaired) electrons. The van der Waals surface area contributed by atoms with Crippen LogP contribution in [0.15, 0.2) is 78.0 Å². The molecule has 0 spiro atoms. The van der Waals surface area contributed by atoms with Crippen molar-refractivity contribution in [3.8, 4) is 5.75 Å². The van der Waals surface area contributed by atoms with Crippen LogP contribution < -0.4 is 31.6 Å². The number of ether oxygens (including phenoxy) is 1. The van der Waals surface area contributed by atoms with Crippen molar-refractivity contribution < 1.29 is 43.4 Å². The predicted octanol–water partition coefficient (Wildman–Crippen LogP) is 0.355. The number of rotatable bonds is 7. The van der Waals surface area contributed by atoms with Gasteiger partial charge < -0.3 is 27.0 Å². The lowest BCUT2D eigenvalue weighted by Crippen LogP contribution is -3.00. The minimum Gasteiger partial charge on any atom is -1.00 e. The first-order chi connectivity index (χ1) is 13.8. The average molecular weight is 516 g/mol. The van der Waals surface area contributed by atoms with Crippen LogP contribution in [-0.4, -0.2) is 20.9 Å². The maximum Gasteiger partial charge on any atom is 0.332 e. The number of benzene rings is 2. The number of pyridine rings is 1. The van der Waals surface area contributed by atoms with E-state index in [0.29, 0.717) is 23.0 Å². The molecule has 10 heteroatoms. The van der Waals surface area contributed by atoms with Gasteiger partial charge in [-0.1, -0.05) is 35.9 Å². The molecular formula is C20H17BrClFN2O4S. The van der Waals surface area contributed by atoms with Crippen molar-refractivity contribution in [1.82, 2.24) is 0 Å². The van der Waals surface area contributed by atoms with Crippen LogP contribution in [0.3, 0.4) is 0 Å². The minimum atomic E-state index is -4.72. The summed E-state index contributed by atoms with van der Waals surface area (Å²) in [5.41, 5.74) is 1.33. The van der Waals surface area contributed by atoms with Crippen LogP contribution in [0.5, 0.6) is 5.75 Å². The van der Waals surface area contributed by atoms with Crippen molar-refractivity contribution in [1.29, 1.82) is 0 Å². The number of anilines is 1. The second-order valence-electron chi connectivity index (χ2n) is 6.11. The number of hydrogen-bond donors (Lipinski definition) is 1. The molecule has 2 aromatic carbocycles. The summed E-state index contributed by atoms with van der Waals surface area (Å²) in [7, 11) is -4.72. The smallest absolute Gasteiger partial charge is 0.332 e. The summed E-state index contributed by atoms with van der Waals surface area (Å²) in [5, 5.41) is 3.15. The predicted molar refractivity (Wildman–Crippen MR) is 106 cm³/mol. The van der Waals surface area contributed by atoms with E-state index in [1.54, 1.807) is 53.4 Å². The number of amides is 1. The molecule has 0 saturated carbocycles. The highest BCUT2D eigenvalue weighted by Crippen LogP contribution is 2.22. The van der Waals surface area contributed by atoms with E-state index in [1.165, 1.54) is 24.3 Å². The summed E-state index contributed by atoms with van der Waals surface area (Å²) in [5.74, 6) is 0.0753. The first-order valence-corrected chi connectivity index (χ1v) is 10.3. The molecule has 0 aliphatic heterocycles. The Labute approximate surface area is 189 Å². The van der Waals surface area contributed by atoms with E-state index in [9.17, 15) is 17.1 Å².